The van der Waals surface area contributed by atoms with Gasteiger partial charge >= 0.3 is 5.97 Å². The third-order valence-electron chi connectivity index (χ3n) is 2.93. The molecule has 0 aliphatic carbocycles. The van der Waals surface area contributed by atoms with E-state index in [9.17, 15) is 9.59 Å². The monoisotopic (exact) mass is 315 g/mol. The Morgan fingerprint density at radius 3 is 2.70 bits per heavy atom. The van der Waals surface area contributed by atoms with Crippen LogP contribution in [0.5, 0.6) is 0 Å². The van der Waals surface area contributed by atoms with Gasteiger partial charge in [0.1, 0.15) is 5.92 Å². The molecule has 1 aliphatic rings. The number of hydrogen-bond donors (Lipinski definition) is 2. The molecular weight excluding hydrogens is 302 g/mol. The smallest absolute Gasteiger partial charge is 0.311 e. The van der Waals surface area contributed by atoms with E-state index < -0.39 is 17.9 Å². The van der Waals surface area contributed by atoms with Gasteiger partial charge in [0, 0.05) is 9.92 Å². The van der Waals surface area contributed by atoms with Crippen molar-refractivity contribution in [2.75, 3.05) is 19.0 Å². The van der Waals surface area contributed by atoms with Crippen molar-refractivity contribution in [1.82, 2.24) is 5.32 Å². The summed E-state index contributed by atoms with van der Waals surface area (Å²) in [6.45, 7) is 0.388. The average Bonchev–Trinajstić information content (AvgIpc) is 2.86. The molecule has 1 aliphatic heterocycles. The van der Waals surface area contributed by atoms with E-state index in [0.717, 1.165) is 4.90 Å². The van der Waals surface area contributed by atoms with Crippen LogP contribution in [-0.2, 0) is 14.3 Å². The largest absolute Gasteiger partial charge is 0.481 e. The van der Waals surface area contributed by atoms with Crippen LogP contribution in [0.25, 0.3) is 0 Å². The van der Waals surface area contributed by atoms with E-state index in [1.165, 1.54) is 11.8 Å². The standard InChI is InChI=1S/C13H14ClNO4S/c14-8-1-3-9(4-2-8)20-7-12(16)15-11-6-19-5-10(11)13(17)18/h1-4,10-11H,5-7H2,(H,15,16)(H,17,18). The Hall–Kier alpha value is -1.24. The fourth-order valence-electron chi connectivity index (χ4n) is 1.87. The highest BCUT2D eigenvalue weighted by Crippen LogP contribution is 2.20. The van der Waals surface area contributed by atoms with E-state index >= 15 is 0 Å². The Morgan fingerprint density at radius 1 is 1.35 bits per heavy atom. The molecule has 2 N–H and O–H groups in total. The lowest BCUT2D eigenvalue weighted by molar-refractivity contribution is -0.142. The number of nitrogens with one attached hydrogen (secondary N) is 1. The Morgan fingerprint density at radius 2 is 2.05 bits per heavy atom. The summed E-state index contributed by atoms with van der Waals surface area (Å²) in [5.41, 5.74) is 0. The lowest BCUT2D eigenvalue weighted by atomic mass is 10.0. The molecule has 20 heavy (non-hydrogen) atoms. The molecule has 0 bridgehead atoms. The molecule has 2 unspecified atom stereocenters. The molecule has 2 atom stereocenters. The topological polar surface area (TPSA) is 75.6 Å². The SMILES string of the molecule is O=C(CSc1ccc(Cl)cc1)NC1COCC1C(=O)O. The second-order valence-electron chi connectivity index (χ2n) is 4.40. The number of carboxylic acids is 1. The highest BCUT2D eigenvalue weighted by atomic mass is 35.5. The van der Waals surface area contributed by atoms with E-state index in [1.54, 1.807) is 12.1 Å². The van der Waals surface area contributed by atoms with Crippen molar-refractivity contribution < 1.29 is 19.4 Å². The first-order valence-corrected chi connectivity index (χ1v) is 7.41. The number of aliphatic carboxylic acids is 1. The van der Waals surface area contributed by atoms with Crippen molar-refractivity contribution in [2.45, 2.75) is 10.9 Å². The zero-order valence-corrected chi connectivity index (χ0v) is 12.1. The van der Waals surface area contributed by atoms with Gasteiger partial charge in [0.15, 0.2) is 0 Å². The first-order valence-electron chi connectivity index (χ1n) is 6.04. The number of carbonyl (C=O) groups excluding carboxylic acids is 1. The lowest BCUT2D eigenvalue weighted by Gasteiger charge is -2.15. The Balaban J connectivity index is 1.80. The quantitative estimate of drug-likeness (QED) is 0.808. The molecule has 0 aromatic heterocycles. The third-order valence-corrected chi connectivity index (χ3v) is 4.19. The van der Waals surface area contributed by atoms with Gasteiger partial charge in [-0.1, -0.05) is 11.6 Å². The minimum atomic E-state index is -0.946. The third kappa shape index (κ3) is 4.13. The Kier molecular flexibility index (Phi) is 5.28. The van der Waals surface area contributed by atoms with Gasteiger partial charge in [-0.15, -0.1) is 11.8 Å². The van der Waals surface area contributed by atoms with Crippen LogP contribution in [-0.4, -0.2) is 42.0 Å². The van der Waals surface area contributed by atoms with E-state index in [0.29, 0.717) is 5.02 Å². The number of carboxylic acid groups (broad SMARTS) is 1. The van der Waals surface area contributed by atoms with Crippen molar-refractivity contribution in [3.05, 3.63) is 29.3 Å². The Bertz CT molecular complexity index is 494. The van der Waals surface area contributed by atoms with Crippen LogP contribution < -0.4 is 5.32 Å². The maximum atomic E-state index is 11.8. The van der Waals surface area contributed by atoms with Crippen LogP contribution >= 0.6 is 23.4 Å². The van der Waals surface area contributed by atoms with E-state index in [1.807, 2.05) is 12.1 Å². The maximum absolute atomic E-state index is 11.8. The van der Waals surface area contributed by atoms with Crippen LogP contribution in [0.1, 0.15) is 0 Å². The molecule has 2 rings (SSSR count). The first kappa shape index (κ1) is 15.2. The summed E-state index contributed by atoms with van der Waals surface area (Å²) in [5.74, 6) is -1.59. The molecule has 0 radical (unpaired) electrons. The van der Waals surface area contributed by atoms with Crippen molar-refractivity contribution in [3.63, 3.8) is 0 Å². The summed E-state index contributed by atoms with van der Waals surface area (Å²) >= 11 is 7.15. The van der Waals surface area contributed by atoms with E-state index in [4.69, 9.17) is 21.4 Å². The van der Waals surface area contributed by atoms with Crippen LogP contribution in [0.4, 0.5) is 0 Å². The highest BCUT2D eigenvalue weighted by molar-refractivity contribution is 8.00. The molecule has 1 aromatic carbocycles. The van der Waals surface area contributed by atoms with Gasteiger partial charge in [0.25, 0.3) is 0 Å². The van der Waals surface area contributed by atoms with Gasteiger partial charge < -0.3 is 15.2 Å². The molecule has 7 heteroatoms. The summed E-state index contributed by atoms with van der Waals surface area (Å²) in [4.78, 5) is 23.7. The van der Waals surface area contributed by atoms with Gasteiger partial charge in [0.2, 0.25) is 5.91 Å². The second kappa shape index (κ2) is 6.97. The number of carbonyl (C=O) groups is 2. The van der Waals surface area contributed by atoms with Crippen molar-refractivity contribution in [3.8, 4) is 0 Å². The zero-order chi connectivity index (χ0) is 14.5. The van der Waals surface area contributed by atoms with Gasteiger partial charge in [-0.3, -0.25) is 9.59 Å². The van der Waals surface area contributed by atoms with Gasteiger partial charge in [-0.2, -0.15) is 0 Å². The summed E-state index contributed by atoms with van der Waals surface area (Å²) < 4.78 is 5.09. The molecule has 1 amide bonds. The highest BCUT2D eigenvalue weighted by Gasteiger charge is 2.34. The van der Waals surface area contributed by atoms with E-state index in [-0.39, 0.29) is 24.9 Å². The molecule has 1 aromatic rings. The molecule has 5 nitrogen and oxygen atoms in total. The van der Waals surface area contributed by atoms with Gasteiger partial charge in [0.05, 0.1) is 25.0 Å². The van der Waals surface area contributed by atoms with Crippen molar-refractivity contribution in [2.24, 2.45) is 5.92 Å². The maximum Gasteiger partial charge on any atom is 0.311 e. The number of thioether (sulfide) groups is 1. The summed E-state index contributed by atoms with van der Waals surface area (Å²) in [6, 6.07) is 6.73. The predicted molar refractivity (Wildman–Crippen MR) is 76.1 cm³/mol. The minimum absolute atomic E-state index is 0.143. The number of halogens is 1. The normalized spacial score (nSPS) is 21.6. The summed E-state index contributed by atoms with van der Waals surface area (Å²) in [5, 5.41) is 12.3. The van der Waals surface area contributed by atoms with Gasteiger partial charge in [-0.05, 0) is 24.3 Å². The number of hydrogen-bond acceptors (Lipinski definition) is 4. The van der Waals surface area contributed by atoms with Crippen LogP contribution in [0.15, 0.2) is 29.2 Å². The van der Waals surface area contributed by atoms with Crippen LogP contribution in [0.3, 0.4) is 0 Å². The molecule has 0 spiro atoms. The van der Waals surface area contributed by atoms with Crippen molar-refractivity contribution in [1.29, 1.82) is 0 Å². The van der Waals surface area contributed by atoms with Crippen molar-refractivity contribution >= 4 is 35.2 Å². The van der Waals surface area contributed by atoms with Crippen LogP contribution in [0, 0.1) is 5.92 Å². The van der Waals surface area contributed by atoms with E-state index in [2.05, 4.69) is 5.32 Å². The van der Waals surface area contributed by atoms with Gasteiger partial charge in [-0.25, -0.2) is 0 Å². The fraction of sp³-hybridized carbons (Fsp3) is 0.385. The average molecular weight is 316 g/mol. The number of rotatable bonds is 5. The molecule has 0 saturated carbocycles. The number of benzene rings is 1. The molecule has 1 heterocycles. The number of ether oxygens (including phenoxy) is 1. The van der Waals surface area contributed by atoms with Crippen LogP contribution in [0.2, 0.25) is 5.02 Å². The fourth-order valence-corrected chi connectivity index (χ4v) is 2.70. The summed E-state index contributed by atoms with van der Waals surface area (Å²) in [6.07, 6.45) is 0. The predicted octanol–water partition coefficient (Wildman–Crippen LogP) is 1.65. The first-order chi connectivity index (χ1) is 9.56. The minimum Gasteiger partial charge on any atom is -0.481 e. The lowest BCUT2D eigenvalue weighted by Crippen LogP contribution is -2.43. The Labute approximate surface area is 125 Å². The summed E-state index contributed by atoms with van der Waals surface area (Å²) in [7, 11) is 0. The second-order valence-corrected chi connectivity index (χ2v) is 5.88. The molecular formula is C13H14ClNO4S. The number of amides is 1. The molecule has 1 saturated heterocycles. The molecule has 1 fully saturated rings. The zero-order valence-electron chi connectivity index (χ0n) is 10.5. The molecule has 108 valence electrons.